The molecule has 0 atom stereocenters. The molecule has 3 saturated carbocycles. The van der Waals surface area contributed by atoms with Gasteiger partial charge in [0.25, 0.3) is 0 Å². The summed E-state index contributed by atoms with van der Waals surface area (Å²) in [5, 5.41) is 13.9. The standard InChI is InChI=1S/C14H25NO/c16-14(6-2-1-3-7-14)11-15-10-13(8-9-13)12-4-5-12/h12,15-16H,1-11H2. The van der Waals surface area contributed by atoms with Crippen molar-refractivity contribution in [3.05, 3.63) is 0 Å². The van der Waals surface area contributed by atoms with Gasteiger partial charge in [-0.05, 0) is 49.9 Å². The van der Waals surface area contributed by atoms with Crippen LogP contribution in [0.15, 0.2) is 0 Å². The van der Waals surface area contributed by atoms with E-state index in [4.69, 9.17) is 0 Å². The van der Waals surface area contributed by atoms with Crippen LogP contribution in [0.4, 0.5) is 0 Å². The SMILES string of the molecule is OC1(CNCC2(C3CC3)CC2)CCCCC1. The Balaban J connectivity index is 1.42. The molecule has 92 valence electrons. The van der Waals surface area contributed by atoms with Gasteiger partial charge in [0.15, 0.2) is 0 Å². The van der Waals surface area contributed by atoms with Gasteiger partial charge >= 0.3 is 0 Å². The van der Waals surface area contributed by atoms with Crippen molar-refractivity contribution in [1.29, 1.82) is 0 Å². The fourth-order valence-corrected chi connectivity index (χ4v) is 3.52. The largest absolute Gasteiger partial charge is 0.389 e. The van der Waals surface area contributed by atoms with Crippen molar-refractivity contribution in [3.8, 4) is 0 Å². The third-order valence-electron chi connectivity index (χ3n) is 5.05. The van der Waals surface area contributed by atoms with Crippen LogP contribution < -0.4 is 5.32 Å². The number of rotatable bonds is 5. The van der Waals surface area contributed by atoms with Gasteiger partial charge in [0.05, 0.1) is 5.60 Å². The van der Waals surface area contributed by atoms with Crippen LogP contribution in [0, 0.1) is 11.3 Å². The first-order valence-corrected chi connectivity index (χ1v) is 7.16. The smallest absolute Gasteiger partial charge is 0.0771 e. The van der Waals surface area contributed by atoms with Crippen LogP contribution >= 0.6 is 0 Å². The average Bonchev–Trinajstić information content (AvgIpc) is 3.13. The molecule has 16 heavy (non-hydrogen) atoms. The van der Waals surface area contributed by atoms with E-state index in [2.05, 4.69) is 5.32 Å². The Bertz CT molecular complexity index is 249. The molecule has 3 rings (SSSR count). The van der Waals surface area contributed by atoms with E-state index in [1.807, 2.05) is 0 Å². The summed E-state index contributed by atoms with van der Waals surface area (Å²) in [6.07, 6.45) is 11.6. The minimum absolute atomic E-state index is 0.377. The normalized spacial score (nSPS) is 31.3. The fraction of sp³-hybridized carbons (Fsp3) is 1.00. The lowest BCUT2D eigenvalue weighted by atomic mass is 9.84. The zero-order valence-electron chi connectivity index (χ0n) is 10.3. The molecular weight excluding hydrogens is 198 g/mol. The minimum atomic E-state index is -0.377. The van der Waals surface area contributed by atoms with Crippen LogP contribution in [0.1, 0.15) is 57.8 Å². The number of hydrogen-bond acceptors (Lipinski definition) is 2. The Hall–Kier alpha value is -0.0800. The first-order valence-electron chi connectivity index (χ1n) is 7.16. The molecule has 2 nitrogen and oxygen atoms in total. The summed E-state index contributed by atoms with van der Waals surface area (Å²) in [4.78, 5) is 0. The van der Waals surface area contributed by atoms with Crippen molar-refractivity contribution >= 4 is 0 Å². The van der Waals surface area contributed by atoms with Gasteiger partial charge in [0.2, 0.25) is 0 Å². The molecular formula is C14H25NO. The Kier molecular flexibility index (Phi) is 2.75. The summed E-state index contributed by atoms with van der Waals surface area (Å²) in [7, 11) is 0. The van der Waals surface area contributed by atoms with Crippen molar-refractivity contribution in [1.82, 2.24) is 5.32 Å². The molecule has 0 radical (unpaired) electrons. The molecule has 0 amide bonds. The topological polar surface area (TPSA) is 32.3 Å². The van der Waals surface area contributed by atoms with E-state index in [-0.39, 0.29) is 5.60 Å². The van der Waals surface area contributed by atoms with Crippen molar-refractivity contribution in [2.75, 3.05) is 13.1 Å². The first kappa shape index (κ1) is 11.0. The summed E-state index contributed by atoms with van der Waals surface area (Å²) in [6.45, 7) is 2.00. The molecule has 0 heterocycles. The van der Waals surface area contributed by atoms with E-state index < -0.39 is 0 Å². The van der Waals surface area contributed by atoms with E-state index in [1.54, 1.807) is 0 Å². The average molecular weight is 223 g/mol. The first-order chi connectivity index (χ1) is 7.73. The Morgan fingerprint density at radius 3 is 2.19 bits per heavy atom. The third-order valence-corrected chi connectivity index (χ3v) is 5.05. The second-order valence-corrected chi connectivity index (χ2v) is 6.53. The maximum absolute atomic E-state index is 10.4. The molecule has 0 unspecified atom stereocenters. The lowest BCUT2D eigenvalue weighted by Gasteiger charge is -2.33. The highest BCUT2D eigenvalue weighted by molar-refractivity contribution is 5.05. The lowest BCUT2D eigenvalue weighted by molar-refractivity contribution is 0.00387. The predicted octanol–water partition coefficient (Wildman–Crippen LogP) is 2.46. The molecule has 3 aliphatic carbocycles. The van der Waals surface area contributed by atoms with Gasteiger partial charge in [-0.2, -0.15) is 0 Å². The van der Waals surface area contributed by atoms with E-state index in [9.17, 15) is 5.11 Å². The maximum Gasteiger partial charge on any atom is 0.0771 e. The van der Waals surface area contributed by atoms with Gasteiger partial charge in [-0.3, -0.25) is 0 Å². The number of nitrogens with one attached hydrogen (secondary N) is 1. The Labute approximate surface area is 98.8 Å². The van der Waals surface area contributed by atoms with Crippen molar-refractivity contribution < 1.29 is 5.11 Å². The van der Waals surface area contributed by atoms with E-state index in [0.29, 0.717) is 5.41 Å². The van der Waals surface area contributed by atoms with Crippen molar-refractivity contribution in [3.63, 3.8) is 0 Å². The van der Waals surface area contributed by atoms with Gasteiger partial charge in [0.1, 0.15) is 0 Å². The third kappa shape index (κ3) is 2.28. The molecule has 0 aromatic rings. The van der Waals surface area contributed by atoms with Gasteiger partial charge in [-0.1, -0.05) is 19.3 Å². The van der Waals surface area contributed by atoms with E-state index in [0.717, 1.165) is 25.3 Å². The second kappa shape index (κ2) is 3.99. The zero-order chi connectivity index (χ0) is 11.1. The molecule has 0 spiro atoms. The van der Waals surface area contributed by atoms with Crippen molar-refractivity contribution in [2.24, 2.45) is 11.3 Å². The minimum Gasteiger partial charge on any atom is -0.389 e. The van der Waals surface area contributed by atoms with E-state index in [1.165, 1.54) is 51.5 Å². The Morgan fingerprint density at radius 2 is 1.62 bits per heavy atom. The Morgan fingerprint density at radius 1 is 0.938 bits per heavy atom. The molecule has 0 saturated heterocycles. The van der Waals surface area contributed by atoms with Crippen LogP contribution in [-0.4, -0.2) is 23.8 Å². The van der Waals surface area contributed by atoms with Crippen LogP contribution in [-0.2, 0) is 0 Å². The molecule has 0 aromatic carbocycles. The van der Waals surface area contributed by atoms with E-state index >= 15 is 0 Å². The summed E-state index contributed by atoms with van der Waals surface area (Å²) in [5.74, 6) is 1.03. The fourth-order valence-electron chi connectivity index (χ4n) is 3.52. The molecule has 3 fully saturated rings. The van der Waals surface area contributed by atoms with Crippen molar-refractivity contribution in [2.45, 2.75) is 63.4 Å². The summed E-state index contributed by atoms with van der Waals surface area (Å²) in [6, 6.07) is 0. The molecule has 0 bridgehead atoms. The van der Waals surface area contributed by atoms with Gasteiger partial charge in [-0.15, -0.1) is 0 Å². The summed E-state index contributed by atoms with van der Waals surface area (Å²) >= 11 is 0. The lowest BCUT2D eigenvalue weighted by Crippen LogP contribution is -2.43. The second-order valence-electron chi connectivity index (χ2n) is 6.53. The van der Waals surface area contributed by atoms with Crippen LogP contribution in [0.5, 0.6) is 0 Å². The molecule has 0 aromatic heterocycles. The molecule has 3 aliphatic rings. The molecule has 2 N–H and O–H groups in total. The summed E-state index contributed by atoms with van der Waals surface area (Å²) < 4.78 is 0. The van der Waals surface area contributed by atoms with Gasteiger partial charge in [-0.25, -0.2) is 0 Å². The maximum atomic E-state index is 10.4. The molecule has 2 heteroatoms. The number of aliphatic hydroxyl groups is 1. The monoisotopic (exact) mass is 223 g/mol. The van der Waals surface area contributed by atoms with Gasteiger partial charge < -0.3 is 10.4 Å². The zero-order valence-corrected chi connectivity index (χ0v) is 10.3. The van der Waals surface area contributed by atoms with Crippen LogP contribution in [0.2, 0.25) is 0 Å². The predicted molar refractivity (Wildman–Crippen MR) is 65.3 cm³/mol. The summed E-state index contributed by atoms with van der Waals surface area (Å²) in [5.41, 5.74) is 0.295. The molecule has 0 aliphatic heterocycles. The van der Waals surface area contributed by atoms with Crippen LogP contribution in [0.25, 0.3) is 0 Å². The number of hydrogen-bond donors (Lipinski definition) is 2. The quantitative estimate of drug-likeness (QED) is 0.750. The highest BCUT2D eigenvalue weighted by Crippen LogP contribution is 2.60. The van der Waals surface area contributed by atoms with Crippen LogP contribution in [0.3, 0.4) is 0 Å². The highest BCUT2D eigenvalue weighted by Gasteiger charge is 2.53. The highest BCUT2D eigenvalue weighted by atomic mass is 16.3. The van der Waals surface area contributed by atoms with Gasteiger partial charge in [0, 0.05) is 13.1 Å².